The van der Waals surface area contributed by atoms with E-state index in [1.165, 1.54) is 17.8 Å². The molecule has 39 heavy (non-hydrogen) atoms. The van der Waals surface area contributed by atoms with Crippen LogP contribution in [0.5, 0.6) is 0 Å². The Balaban J connectivity index is 1.32. The molecule has 2 aromatic heterocycles. The van der Waals surface area contributed by atoms with Gasteiger partial charge in [-0.3, -0.25) is 4.98 Å². The molecule has 3 aromatic carbocycles. The van der Waals surface area contributed by atoms with Gasteiger partial charge in [0.1, 0.15) is 5.82 Å². The Kier molecular flexibility index (Phi) is 6.48. The average molecular weight is 527 g/mol. The van der Waals surface area contributed by atoms with Gasteiger partial charge in [-0.15, -0.1) is 0 Å². The lowest BCUT2D eigenvalue weighted by atomic mass is 10.1. The van der Waals surface area contributed by atoms with E-state index in [0.29, 0.717) is 23.1 Å². The van der Waals surface area contributed by atoms with Crippen molar-refractivity contribution in [3.8, 4) is 11.3 Å². The number of rotatable bonds is 5. The van der Waals surface area contributed by atoms with E-state index in [4.69, 9.17) is 9.97 Å². The van der Waals surface area contributed by atoms with Gasteiger partial charge in [0.25, 0.3) is 0 Å². The number of nitrogens with zero attached hydrogens (tertiary/aromatic N) is 5. The summed E-state index contributed by atoms with van der Waals surface area (Å²) >= 11 is 0. The van der Waals surface area contributed by atoms with E-state index in [9.17, 15) is 13.2 Å². The zero-order chi connectivity index (χ0) is 26.8. The number of alkyl halides is 3. The maximum absolute atomic E-state index is 13.0. The van der Waals surface area contributed by atoms with E-state index in [1.54, 1.807) is 6.20 Å². The second kappa shape index (κ2) is 10.2. The van der Waals surface area contributed by atoms with Gasteiger partial charge >= 0.3 is 6.18 Å². The molecule has 0 aliphatic carbocycles. The van der Waals surface area contributed by atoms with E-state index in [2.05, 4.69) is 32.2 Å². The molecule has 1 N–H and O–H groups in total. The molecule has 6 rings (SSSR count). The lowest BCUT2D eigenvalue weighted by Gasteiger charge is -2.36. The van der Waals surface area contributed by atoms with Crippen LogP contribution in [0.25, 0.3) is 22.2 Å². The van der Waals surface area contributed by atoms with Gasteiger partial charge in [0.15, 0.2) is 0 Å². The largest absolute Gasteiger partial charge is 0.416 e. The van der Waals surface area contributed by atoms with Gasteiger partial charge in [-0.1, -0.05) is 36.4 Å². The summed E-state index contributed by atoms with van der Waals surface area (Å²) in [5.41, 5.74) is 3.42. The molecule has 0 radical (unpaired) electrons. The molecule has 1 saturated heterocycles. The smallest absolute Gasteiger partial charge is 0.368 e. The molecule has 1 aliphatic heterocycles. The van der Waals surface area contributed by atoms with Crippen molar-refractivity contribution in [2.75, 3.05) is 41.3 Å². The summed E-state index contributed by atoms with van der Waals surface area (Å²) in [7, 11) is 0. The predicted molar refractivity (Wildman–Crippen MR) is 148 cm³/mol. The van der Waals surface area contributed by atoms with Gasteiger partial charge in [0.05, 0.1) is 16.8 Å². The molecule has 0 saturated carbocycles. The van der Waals surface area contributed by atoms with Gasteiger partial charge < -0.3 is 15.1 Å². The number of halogens is 3. The first-order valence-corrected chi connectivity index (χ1v) is 12.7. The molecule has 196 valence electrons. The molecular formula is C30H25F3N6. The van der Waals surface area contributed by atoms with E-state index >= 15 is 0 Å². The Labute approximate surface area is 223 Å². The molecule has 9 heteroatoms. The summed E-state index contributed by atoms with van der Waals surface area (Å²) < 4.78 is 39.1. The number of para-hydroxylation sites is 1. The molecule has 1 aliphatic rings. The summed E-state index contributed by atoms with van der Waals surface area (Å²) in [4.78, 5) is 18.6. The van der Waals surface area contributed by atoms with Crippen molar-refractivity contribution in [1.82, 2.24) is 15.0 Å². The van der Waals surface area contributed by atoms with Crippen LogP contribution >= 0.6 is 0 Å². The molecule has 1 fully saturated rings. The minimum atomic E-state index is -4.39. The number of fused-ring (bicyclic) bond motifs is 1. The van der Waals surface area contributed by atoms with Gasteiger partial charge in [-0.2, -0.15) is 18.2 Å². The van der Waals surface area contributed by atoms with Crippen LogP contribution in [0.4, 0.5) is 36.3 Å². The molecular weight excluding hydrogens is 501 g/mol. The highest BCUT2D eigenvalue weighted by Gasteiger charge is 2.30. The zero-order valence-corrected chi connectivity index (χ0v) is 20.9. The highest BCUT2D eigenvalue weighted by atomic mass is 19.4. The zero-order valence-electron chi connectivity index (χ0n) is 20.9. The lowest BCUT2D eigenvalue weighted by Crippen LogP contribution is -2.47. The van der Waals surface area contributed by atoms with Crippen molar-refractivity contribution in [3.05, 3.63) is 103 Å². The number of hydrogen-bond donors (Lipinski definition) is 1. The Morgan fingerprint density at radius 3 is 2.21 bits per heavy atom. The first-order chi connectivity index (χ1) is 18.9. The van der Waals surface area contributed by atoms with E-state index in [0.717, 1.165) is 54.8 Å². The van der Waals surface area contributed by atoms with Gasteiger partial charge in [0, 0.05) is 60.8 Å². The number of anilines is 4. The second-order valence-electron chi connectivity index (χ2n) is 9.36. The topological polar surface area (TPSA) is 57.2 Å². The summed E-state index contributed by atoms with van der Waals surface area (Å²) in [6, 6.07) is 26.9. The normalized spacial score (nSPS) is 14.0. The van der Waals surface area contributed by atoms with Crippen LogP contribution in [-0.4, -0.2) is 41.1 Å². The molecule has 0 atom stereocenters. The SMILES string of the molecule is FC(F)(F)c1ccc(Nc2cc(-c3ccc4cccnc4c3)nc(N3CCN(c4ccccc4)CC3)n2)cc1. The minimum absolute atomic E-state index is 0.501. The van der Waals surface area contributed by atoms with E-state index in [-0.39, 0.29) is 0 Å². The third-order valence-electron chi connectivity index (χ3n) is 6.78. The number of nitrogens with one attached hydrogen (secondary N) is 1. The maximum atomic E-state index is 13.0. The van der Waals surface area contributed by atoms with Crippen LogP contribution < -0.4 is 15.1 Å². The lowest BCUT2D eigenvalue weighted by molar-refractivity contribution is -0.137. The molecule has 0 spiro atoms. The van der Waals surface area contributed by atoms with Crippen LogP contribution in [0.2, 0.25) is 0 Å². The standard InChI is InChI=1S/C30H25F3N6/c31-30(32,33)23-10-12-24(13-11-23)35-28-20-27(22-9-8-21-5-4-14-34-26(21)19-22)36-29(37-28)39-17-15-38(16-18-39)25-6-2-1-3-7-25/h1-14,19-20H,15-18H2,(H,35,36,37). The maximum Gasteiger partial charge on any atom is 0.416 e. The summed E-state index contributed by atoms with van der Waals surface area (Å²) in [6.45, 7) is 3.10. The van der Waals surface area contributed by atoms with Crippen LogP contribution in [0.3, 0.4) is 0 Å². The number of aromatic nitrogens is 3. The minimum Gasteiger partial charge on any atom is -0.368 e. The van der Waals surface area contributed by atoms with Gasteiger partial charge in [0.2, 0.25) is 5.95 Å². The van der Waals surface area contributed by atoms with Crippen LogP contribution in [0.1, 0.15) is 5.56 Å². The third-order valence-corrected chi connectivity index (χ3v) is 6.78. The second-order valence-corrected chi connectivity index (χ2v) is 9.36. The highest BCUT2D eigenvalue weighted by molar-refractivity contribution is 5.84. The summed E-state index contributed by atoms with van der Waals surface area (Å²) in [5, 5.41) is 4.20. The number of hydrogen-bond acceptors (Lipinski definition) is 6. The number of piperazine rings is 1. The fraction of sp³-hybridized carbons (Fsp3) is 0.167. The Morgan fingerprint density at radius 1 is 0.718 bits per heavy atom. The van der Waals surface area contributed by atoms with Crippen molar-refractivity contribution in [1.29, 1.82) is 0 Å². The quantitative estimate of drug-likeness (QED) is 0.272. The monoisotopic (exact) mass is 526 g/mol. The van der Waals surface area contributed by atoms with Crippen LogP contribution in [0, 0.1) is 0 Å². The van der Waals surface area contributed by atoms with Crippen LogP contribution in [-0.2, 0) is 6.18 Å². The van der Waals surface area contributed by atoms with Crippen molar-refractivity contribution < 1.29 is 13.2 Å². The first-order valence-electron chi connectivity index (χ1n) is 12.7. The molecule has 0 amide bonds. The third kappa shape index (κ3) is 5.47. The molecule has 3 heterocycles. The highest BCUT2D eigenvalue weighted by Crippen LogP contribution is 2.31. The van der Waals surface area contributed by atoms with Crippen LogP contribution in [0.15, 0.2) is 97.2 Å². The Hall–Kier alpha value is -4.66. The average Bonchev–Trinajstić information content (AvgIpc) is 2.97. The van der Waals surface area contributed by atoms with E-state index in [1.807, 2.05) is 54.6 Å². The summed E-state index contributed by atoms with van der Waals surface area (Å²) in [5.74, 6) is 1.07. The molecule has 0 bridgehead atoms. The van der Waals surface area contributed by atoms with Gasteiger partial charge in [-0.25, -0.2) is 4.98 Å². The van der Waals surface area contributed by atoms with Crippen molar-refractivity contribution in [3.63, 3.8) is 0 Å². The first kappa shape index (κ1) is 24.7. The van der Waals surface area contributed by atoms with Crippen molar-refractivity contribution >= 4 is 34.0 Å². The Morgan fingerprint density at radius 2 is 1.46 bits per heavy atom. The van der Waals surface area contributed by atoms with E-state index < -0.39 is 11.7 Å². The van der Waals surface area contributed by atoms with Crippen molar-refractivity contribution in [2.45, 2.75) is 6.18 Å². The molecule has 6 nitrogen and oxygen atoms in total. The molecule has 0 unspecified atom stereocenters. The summed E-state index contributed by atoms with van der Waals surface area (Å²) in [6.07, 6.45) is -2.64. The molecule has 5 aromatic rings. The fourth-order valence-electron chi connectivity index (χ4n) is 4.71. The number of benzene rings is 3. The fourth-order valence-corrected chi connectivity index (χ4v) is 4.71. The predicted octanol–water partition coefficient (Wildman–Crippen LogP) is 6.78. The van der Waals surface area contributed by atoms with Crippen molar-refractivity contribution in [2.24, 2.45) is 0 Å². The Bertz CT molecular complexity index is 1580. The number of pyridine rings is 1. The van der Waals surface area contributed by atoms with Gasteiger partial charge in [-0.05, 0) is 48.5 Å².